The second-order valence-electron chi connectivity index (χ2n) is 9.83. The summed E-state index contributed by atoms with van der Waals surface area (Å²) in [6, 6.07) is 12.6. The molecular formula is C28H34N8O2. The van der Waals surface area contributed by atoms with E-state index in [0.29, 0.717) is 12.7 Å². The van der Waals surface area contributed by atoms with Gasteiger partial charge in [0.15, 0.2) is 0 Å². The Hall–Kier alpha value is -3.89. The van der Waals surface area contributed by atoms with E-state index in [1.54, 1.807) is 12.7 Å². The molecule has 1 fully saturated rings. The van der Waals surface area contributed by atoms with Gasteiger partial charge in [-0.1, -0.05) is 0 Å². The van der Waals surface area contributed by atoms with Gasteiger partial charge in [0.25, 0.3) is 0 Å². The molecule has 6 rings (SSSR count). The Balaban J connectivity index is 0.868. The SMILES string of the molecule is c1cc2[nH]c(CNCCCCOCCNc3cc(-n4cnnc4)cc4[nH]ncc34)cc2cc1OC1CCC1. The van der Waals surface area contributed by atoms with Crippen molar-refractivity contribution in [3.63, 3.8) is 0 Å². The van der Waals surface area contributed by atoms with Crippen LogP contribution in [0.4, 0.5) is 5.69 Å². The van der Waals surface area contributed by atoms with Crippen molar-refractivity contribution in [2.75, 3.05) is 31.6 Å². The maximum absolute atomic E-state index is 6.03. The van der Waals surface area contributed by atoms with Crippen LogP contribution >= 0.6 is 0 Å². The molecule has 0 spiro atoms. The van der Waals surface area contributed by atoms with Gasteiger partial charge in [-0.2, -0.15) is 5.10 Å². The molecule has 0 bridgehead atoms. The summed E-state index contributed by atoms with van der Waals surface area (Å²) in [7, 11) is 0. The van der Waals surface area contributed by atoms with Gasteiger partial charge in [-0.15, -0.1) is 10.2 Å². The predicted molar refractivity (Wildman–Crippen MR) is 148 cm³/mol. The minimum atomic E-state index is 0.407. The molecule has 10 nitrogen and oxygen atoms in total. The quantitative estimate of drug-likeness (QED) is 0.161. The number of unbranched alkanes of at least 4 members (excludes halogenated alkanes) is 1. The Bertz CT molecular complexity index is 1450. The number of benzene rings is 2. The molecule has 0 unspecified atom stereocenters. The fourth-order valence-corrected chi connectivity index (χ4v) is 4.72. The zero-order chi connectivity index (χ0) is 25.6. The summed E-state index contributed by atoms with van der Waals surface area (Å²) >= 11 is 0. The molecule has 10 heteroatoms. The highest BCUT2D eigenvalue weighted by Crippen LogP contribution is 2.28. The van der Waals surface area contributed by atoms with Crippen LogP contribution in [0.1, 0.15) is 37.8 Å². The van der Waals surface area contributed by atoms with Crippen LogP contribution in [0.3, 0.4) is 0 Å². The Morgan fingerprint density at radius 2 is 1.89 bits per heavy atom. The molecule has 3 heterocycles. The number of anilines is 1. The van der Waals surface area contributed by atoms with E-state index >= 15 is 0 Å². The van der Waals surface area contributed by atoms with Crippen molar-refractivity contribution < 1.29 is 9.47 Å². The van der Waals surface area contributed by atoms with E-state index in [4.69, 9.17) is 9.47 Å². The number of hydrogen-bond donors (Lipinski definition) is 4. The lowest BCUT2D eigenvalue weighted by Gasteiger charge is -2.26. The van der Waals surface area contributed by atoms with Gasteiger partial charge in [0.05, 0.1) is 30.1 Å². The van der Waals surface area contributed by atoms with Crippen LogP contribution in [0.2, 0.25) is 0 Å². The smallest absolute Gasteiger partial charge is 0.123 e. The first-order chi connectivity index (χ1) is 18.8. The molecule has 0 atom stereocenters. The third-order valence-corrected chi connectivity index (χ3v) is 7.03. The Labute approximate surface area is 221 Å². The van der Waals surface area contributed by atoms with Crippen LogP contribution in [0.15, 0.2) is 55.2 Å². The standard InChI is InChI=1S/C28H34N8O2/c1(8-29-16-21-12-20-13-24(6-7-26(20)34-21)38-23-4-3-5-23)2-10-37-11-9-30-27-14-22(36-18-32-33-19-36)15-28-25(27)17-31-35-28/h6-7,12-15,17-19,23,29-30,34H,1-5,8-11,16H2,(H,31,35). The van der Waals surface area contributed by atoms with Gasteiger partial charge < -0.3 is 25.1 Å². The summed E-state index contributed by atoms with van der Waals surface area (Å²) in [5.41, 5.74) is 5.29. The molecule has 198 valence electrons. The summed E-state index contributed by atoms with van der Waals surface area (Å²) in [5, 5.41) is 24.3. The summed E-state index contributed by atoms with van der Waals surface area (Å²) < 4.78 is 13.7. The Morgan fingerprint density at radius 3 is 2.76 bits per heavy atom. The van der Waals surface area contributed by atoms with E-state index in [2.05, 4.69) is 66.3 Å². The van der Waals surface area contributed by atoms with Crippen molar-refractivity contribution in [1.29, 1.82) is 0 Å². The van der Waals surface area contributed by atoms with Gasteiger partial charge >= 0.3 is 0 Å². The van der Waals surface area contributed by atoms with Gasteiger partial charge in [-0.05, 0) is 75.0 Å². The first-order valence-corrected chi connectivity index (χ1v) is 13.4. The summed E-state index contributed by atoms with van der Waals surface area (Å²) in [6.45, 7) is 3.90. The van der Waals surface area contributed by atoms with E-state index in [1.807, 2.05) is 16.8 Å². The molecule has 1 aliphatic carbocycles. The molecular weight excluding hydrogens is 480 g/mol. The van der Waals surface area contributed by atoms with Crippen LogP contribution < -0.4 is 15.4 Å². The van der Waals surface area contributed by atoms with Gasteiger partial charge in [-0.25, -0.2) is 0 Å². The zero-order valence-electron chi connectivity index (χ0n) is 21.4. The van der Waals surface area contributed by atoms with Crippen molar-refractivity contribution in [3.05, 3.63) is 60.9 Å². The number of H-pyrrole nitrogens is 2. The van der Waals surface area contributed by atoms with Crippen molar-refractivity contribution >= 4 is 27.5 Å². The van der Waals surface area contributed by atoms with E-state index in [1.165, 1.54) is 30.3 Å². The maximum Gasteiger partial charge on any atom is 0.123 e. The molecule has 1 aliphatic rings. The average Bonchev–Trinajstić information content (AvgIpc) is 3.67. The second-order valence-corrected chi connectivity index (χ2v) is 9.83. The number of nitrogens with zero attached hydrogens (tertiary/aromatic N) is 4. The lowest BCUT2D eigenvalue weighted by atomic mass is 9.96. The monoisotopic (exact) mass is 514 g/mol. The average molecular weight is 515 g/mol. The van der Waals surface area contributed by atoms with Crippen molar-refractivity contribution in [2.45, 2.75) is 44.8 Å². The van der Waals surface area contributed by atoms with Crippen molar-refractivity contribution in [3.8, 4) is 11.4 Å². The minimum Gasteiger partial charge on any atom is -0.490 e. The van der Waals surface area contributed by atoms with Crippen LogP contribution in [0.5, 0.6) is 5.75 Å². The number of nitrogens with one attached hydrogen (secondary N) is 4. The lowest BCUT2D eigenvalue weighted by molar-refractivity contribution is 0.120. The largest absolute Gasteiger partial charge is 0.490 e. The minimum absolute atomic E-state index is 0.407. The van der Waals surface area contributed by atoms with Gasteiger partial charge in [0, 0.05) is 47.4 Å². The molecule has 1 saturated carbocycles. The molecule has 0 amide bonds. The fraction of sp³-hybridized carbons (Fsp3) is 0.393. The molecule has 0 radical (unpaired) electrons. The topological polar surface area (TPSA) is 118 Å². The number of fused-ring (bicyclic) bond motifs is 2. The Kier molecular flexibility index (Phi) is 7.50. The molecule has 38 heavy (non-hydrogen) atoms. The molecule has 3 aromatic heterocycles. The highest BCUT2D eigenvalue weighted by molar-refractivity contribution is 5.93. The first-order valence-electron chi connectivity index (χ1n) is 13.4. The van der Waals surface area contributed by atoms with Crippen LogP contribution in [0.25, 0.3) is 27.5 Å². The number of hydrogen-bond acceptors (Lipinski definition) is 7. The third kappa shape index (κ3) is 5.81. The third-order valence-electron chi connectivity index (χ3n) is 7.03. The lowest BCUT2D eigenvalue weighted by Crippen LogP contribution is -2.24. The predicted octanol–water partition coefficient (Wildman–Crippen LogP) is 4.55. The number of aromatic amines is 2. The molecule has 0 saturated heterocycles. The normalized spacial score (nSPS) is 13.8. The van der Waals surface area contributed by atoms with Crippen molar-refractivity contribution in [2.24, 2.45) is 0 Å². The number of rotatable bonds is 14. The molecule has 4 N–H and O–H groups in total. The van der Waals surface area contributed by atoms with Crippen LogP contribution in [0, 0.1) is 0 Å². The highest BCUT2D eigenvalue weighted by atomic mass is 16.5. The van der Waals surface area contributed by atoms with Crippen molar-refractivity contribution in [1.82, 2.24) is 35.3 Å². The van der Waals surface area contributed by atoms with E-state index in [9.17, 15) is 0 Å². The number of aromatic nitrogens is 6. The highest BCUT2D eigenvalue weighted by Gasteiger charge is 2.19. The fourth-order valence-electron chi connectivity index (χ4n) is 4.72. The molecule has 0 aliphatic heterocycles. The molecule has 2 aromatic carbocycles. The second kappa shape index (κ2) is 11.7. The van der Waals surface area contributed by atoms with Gasteiger partial charge in [0.2, 0.25) is 0 Å². The van der Waals surface area contributed by atoms with E-state index < -0.39 is 0 Å². The van der Waals surface area contributed by atoms with Crippen LogP contribution in [-0.4, -0.2) is 62.4 Å². The first kappa shape index (κ1) is 24.4. The van der Waals surface area contributed by atoms with E-state index in [0.717, 1.165) is 72.6 Å². The van der Waals surface area contributed by atoms with Crippen LogP contribution in [-0.2, 0) is 11.3 Å². The summed E-state index contributed by atoms with van der Waals surface area (Å²) in [4.78, 5) is 3.50. The Morgan fingerprint density at radius 1 is 0.974 bits per heavy atom. The summed E-state index contributed by atoms with van der Waals surface area (Å²) in [5.74, 6) is 0.978. The molecule has 5 aromatic rings. The maximum atomic E-state index is 6.03. The van der Waals surface area contributed by atoms with E-state index in [-0.39, 0.29) is 0 Å². The van der Waals surface area contributed by atoms with Gasteiger partial charge in [-0.3, -0.25) is 9.67 Å². The number of ether oxygens (including phenoxy) is 2. The zero-order valence-corrected chi connectivity index (χ0v) is 21.4. The summed E-state index contributed by atoms with van der Waals surface area (Å²) in [6.07, 6.45) is 11.3. The van der Waals surface area contributed by atoms with Gasteiger partial charge in [0.1, 0.15) is 18.4 Å².